The number of nitrogens with one attached hydrogen (secondary N) is 2. The molecule has 0 aliphatic carbocycles. The molecule has 1 amide bonds. The van der Waals surface area contributed by atoms with Gasteiger partial charge in [-0.15, -0.1) is 0 Å². The van der Waals surface area contributed by atoms with E-state index in [0.29, 0.717) is 12.1 Å². The van der Waals surface area contributed by atoms with E-state index in [-0.39, 0.29) is 5.91 Å². The van der Waals surface area contributed by atoms with Gasteiger partial charge in [-0.25, -0.2) is 0 Å². The number of anilines is 1. The molecular weight excluding hydrogens is 252 g/mol. The first-order valence-electron chi connectivity index (χ1n) is 6.38. The molecule has 5 heteroatoms. The van der Waals surface area contributed by atoms with Crippen LogP contribution < -0.4 is 16.6 Å². The largest absolute Gasteiger partial charge is 0.346 e. The third-order valence-electron chi connectivity index (χ3n) is 3.17. The number of hydrogen-bond donors (Lipinski definition) is 3. The van der Waals surface area contributed by atoms with Gasteiger partial charge in [-0.1, -0.05) is 6.07 Å². The molecule has 0 fully saturated rings. The summed E-state index contributed by atoms with van der Waals surface area (Å²) in [5.74, 6) is 5.22. The Morgan fingerprint density at radius 3 is 2.70 bits per heavy atom. The highest BCUT2D eigenvalue weighted by molar-refractivity contribution is 5.96. The zero-order chi connectivity index (χ0) is 14.5. The van der Waals surface area contributed by atoms with Crippen LogP contribution in [0, 0.1) is 13.8 Å². The van der Waals surface area contributed by atoms with Gasteiger partial charge in [-0.2, -0.15) is 0 Å². The van der Waals surface area contributed by atoms with E-state index >= 15 is 0 Å². The van der Waals surface area contributed by atoms with Crippen LogP contribution in [0.4, 0.5) is 5.69 Å². The molecule has 104 valence electrons. The molecule has 0 aliphatic heterocycles. The fraction of sp³-hybridized carbons (Fsp3) is 0.200. The number of carbonyl (C=O) groups excluding carboxylic acids is 1. The SMILES string of the molecule is Cc1cc(NN)ccc1C(=O)NCc1ncccc1C. The molecule has 0 radical (unpaired) electrons. The summed E-state index contributed by atoms with van der Waals surface area (Å²) in [6.07, 6.45) is 1.72. The summed E-state index contributed by atoms with van der Waals surface area (Å²) in [6, 6.07) is 9.21. The Bertz CT molecular complexity index is 625. The van der Waals surface area contributed by atoms with Gasteiger partial charge in [0.15, 0.2) is 0 Å². The zero-order valence-corrected chi connectivity index (χ0v) is 11.6. The smallest absolute Gasteiger partial charge is 0.251 e. The third kappa shape index (κ3) is 3.13. The molecular formula is C15H18N4O. The number of hydrogen-bond acceptors (Lipinski definition) is 4. The molecule has 0 saturated heterocycles. The number of nitrogens with two attached hydrogens (primary N) is 1. The summed E-state index contributed by atoms with van der Waals surface area (Å²) in [6.45, 7) is 4.27. The molecule has 0 atom stereocenters. The van der Waals surface area contributed by atoms with Crippen LogP contribution in [0.5, 0.6) is 0 Å². The summed E-state index contributed by atoms with van der Waals surface area (Å²) >= 11 is 0. The first-order valence-corrected chi connectivity index (χ1v) is 6.38. The van der Waals surface area contributed by atoms with Crippen LogP contribution in [0.3, 0.4) is 0 Å². The Balaban J connectivity index is 2.07. The number of nitrogen functional groups attached to an aromatic ring is 1. The average molecular weight is 270 g/mol. The number of hydrazine groups is 1. The highest BCUT2D eigenvalue weighted by Crippen LogP contribution is 2.14. The van der Waals surface area contributed by atoms with E-state index in [1.807, 2.05) is 32.0 Å². The number of aromatic nitrogens is 1. The summed E-state index contributed by atoms with van der Waals surface area (Å²) in [5, 5.41) is 2.88. The zero-order valence-electron chi connectivity index (χ0n) is 11.6. The summed E-state index contributed by atoms with van der Waals surface area (Å²) in [5.41, 5.74) is 6.78. The Labute approximate surface area is 118 Å². The van der Waals surface area contributed by atoms with Gasteiger partial charge in [-0.05, 0) is 49.2 Å². The molecule has 1 aromatic carbocycles. The number of pyridine rings is 1. The van der Waals surface area contributed by atoms with Crippen LogP contribution in [-0.4, -0.2) is 10.9 Å². The molecule has 2 aromatic rings. The van der Waals surface area contributed by atoms with Crippen LogP contribution in [0.2, 0.25) is 0 Å². The minimum atomic E-state index is -0.115. The predicted octanol–water partition coefficient (Wildman–Crippen LogP) is 1.91. The van der Waals surface area contributed by atoms with Crippen molar-refractivity contribution < 1.29 is 4.79 Å². The Hall–Kier alpha value is -2.40. The molecule has 0 saturated carbocycles. The normalized spacial score (nSPS) is 10.2. The van der Waals surface area contributed by atoms with E-state index in [0.717, 1.165) is 22.5 Å². The van der Waals surface area contributed by atoms with Gasteiger partial charge >= 0.3 is 0 Å². The molecule has 0 aliphatic rings. The molecule has 20 heavy (non-hydrogen) atoms. The monoisotopic (exact) mass is 270 g/mol. The highest BCUT2D eigenvalue weighted by Gasteiger charge is 2.09. The molecule has 2 rings (SSSR count). The molecule has 5 nitrogen and oxygen atoms in total. The Kier molecular flexibility index (Phi) is 4.32. The number of amides is 1. The second-order valence-electron chi connectivity index (χ2n) is 4.62. The summed E-state index contributed by atoms with van der Waals surface area (Å²) in [4.78, 5) is 16.4. The first kappa shape index (κ1) is 14.0. The van der Waals surface area contributed by atoms with Crippen molar-refractivity contribution in [3.63, 3.8) is 0 Å². The van der Waals surface area contributed by atoms with Crippen molar-refractivity contribution in [2.45, 2.75) is 20.4 Å². The van der Waals surface area contributed by atoms with Crippen LogP contribution in [0.25, 0.3) is 0 Å². The number of benzene rings is 1. The van der Waals surface area contributed by atoms with Gasteiger partial charge in [-0.3, -0.25) is 15.6 Å². The predicted molar refractivity (Wildman–Crippen MR) is 79.1 cm³/mol. The lowest BCUT2D eigenvalue weighted by molar-refractivity contribution is 0.0950. The maximum Gasteiger partial charge on any atom is 0.251 e. The fourth-order valence-corrected chi connectivity index (χ4v) is 1.97. The average Bonchev–Trinajstić information content (AvgIpc) is 2.46. The Morgan fingerprint density at radius 2 is 2.05 bits per heavy atom. The lowest BCUT2D eigenvalue weighted by atomic mass is 10.1. The van der Waals surface area contributed by atoms with Crippen molar-refractivity contribution in [1.29, 1.82) is 0 Å². The van der Waals surface area contributed by atoms with Crippen LogP contribution in [0.1, 0.15) is 27.2 Å². The lowest BCUT2D eigenvalue weighted by Crippen LogP contribution is -2.24. The minimum Gasteiger partial charge on any atom is -0.346 e. The Morgan fingerprint density at radius 1 is 1.25 bits per heavy atom. The highest BCUT2D eigenvalue weighted by atomic mass is 16.1. The van der Waals surface area contributed by atoms with Crippen LogP contribution >= 0.6 is 0 Å². The third-order valence-corrected chi connectivity index (χ3v) is 3.17. The summed E-state index contributed by atoms with van der Waals surface area (Å²) in [7, 11) is 0. The number of carbonyl (C=O) groups is 1. The number of nitrogens with zero attached hydrogens (tertiary/aromatic N) is 1. The topological polar surface area (TPSA) is 80.0 Å². The van der Waals surface area contributed by atoms with E-state index in [1.165, 1.54) is 0 Å². The van der Waals surface area contributed by atoms with Gasteiger partial charge in [0, 0.05) is 17.4 Å². The van der Waals surface area contributed by atoms with Gasteiger partial charge < -0.3 is 10.7 Å². The quantitative estimate of drug-likeness (QED) is 0.585. The van der Waals surface area contributed by atoms with Crippen molar-refractivity contribution >= 4 is 11.6 Å². The number of aryl methyl sites for hydroxylation is 2. The first-order chi connectivity index (χ1) is 9.61. The van der Waals surface area contributed by atoms with Crippen molar-refractivity contribution in [3.8, 4) is 0 Å². The molecule has 1 aromatic heterocycles. The van der Waals surface area contributed by atoms with E-state index in [1.54, 1.807) is 18.3 Å². The molecule has 0 bridgehead atoms. The van der Waals surface area contributed by atoms with E-state index in [9.17, 15) is 4.79 Å². The van der Waals surface area contributed by atoms with Gasteiger partial charge in [0.1, 0.15) is 0 Å². The lowest BCUT2D eigenvalue weighted by Gasteiger charge is -2.10. The molecule has 0 unspecified atom stereocenters. The van der Waals surface area contributed by atoms with E-state index in [4.69, 9.17) is 5.84 Å². The van der Waals surface area contributed by atoms with Gasteiger partial charge in [0.2, 0.25) is 0 Å². The molecule has 0 spiro atoms. The summed E-state index contributed by atoms with van der Waals surface area (Å²) < 4.78 is 0. The molecule has 1 heterocycles. The van der Waals surface area contributed by atoms with Crippen molar-refractivity contribution in [2.24, 2.45) is 5.84 Å². The van der Waals surface area contributed by atoms with Gasteiger partial charge in [0.05, 0.1) is 12.2 Å². The number of rotatable bonds is 4. The maximum absolute atomic E-state index is 12.2. The van der Waals surface area contributed by atoms with Crippen LogP contribution in [-0.2, 0) is 6.54 Å². The van der Waals surface area contributed by atoms with Crippen molar-refractivity contribution in [3.05, 3.63) is 58.9 Å². The maximum atomic E-state index is 12.2. The second kappa shape index (κ2) is 6.16. The van der Waals surface area contributed by atoms with Gasteiger partial charge in [0.25, 0.3) is 5.91 Å². The second-order valence-corrected chi connectivity index (χ2v) is 4.62. The van der Waals surface area contributed by atoms with Crippen LogP contribution in [0.15, 0.2) is 36.5 Å². The van der Waals surface area contributed by atoms with E-state index < -0.39 is 0 Å². The fourth-order valence-electron chi connectivity index (χ4n) is 1.97. The van der Waals surface area contributed by atoms with Crippen molar-refractivity contribution in [2.75, 3.05) is 5.43 Å². The van der Waals surface area contributed by atoms with Crippen molar-refractivity contribution in [1.82, 2.24) is 10.3 Å². The molecule has 4 N–H and O–H groups in total. The minimum absolute atomic E-state index is 0.115. The standard InChI is InChI=1S/C15H18N4O/c1-10-4-3-7-17-14(10)9-18-15(20)13-6-5-12(19-16)8-11(13)2/h3-8,19H,9,16H2,1-2H3,(H,18,20). The van der Waals surface area contributed by atoms with E-state index in [2.05, 4.69) is 15.7 Å².